The first-order chi connectivity index (χ1) is 13.7. The number of methoxy groups -OCH3 is 1. The molecule has 1 aliphatic rings. The molecule has 1 aliphatic heterocycles. The third-order valence-electron chi connectivity index (χ3n) is 5.26. The van der Waals surface area contributed by atoms with Crippen LogP contribution in [0.1, 0.15) is 55.8 Å². The molecule has 3 rings (SSSR count). The molecule has 1 fully saturated rings. The molecule has 0 unspecified atom stereocenters. The van der Waals surface area contributed by atoms with Crippen molar-refractivity contribution in [2.75, 3.05) is 25.5 Å². The minimum atomic E-state index is 0.0109. The van der Waals surface area contributed by atoms with Crippen LogP contribution in [0.25, 0.3) is 0 Å². The zero-order chi connectivity index (χ0) is 19.8. The molecule has 28 heavy (non-hydrogen) atoms. The largest absolute Gasteiger partial charge is 0.497 e. The second-order valence-corrected chi connectivity index (χ2v) is 7.40. The minimum absolute atomic E-state index is 0.0109. The summed E-state index contributed by atoms with van der Waals surface area (Å²) in [5.74, 6) is 2.68. The van der Waals surface area contributed by atoms with Crippen molar-refractivity contribution in [1.29, 1.82) is 0 Å². The highest BCUT2D eigenvalue weighted by Crippen LogP contribution is 2.23. The molecule has 2 N–H and O–H groups in total. The van der Waals surface area contributed by atoms with E-state index in [4.69, 9.17) is 4.74 Å². The molecule has 0 aliphatic carbocycles. The number of carbonyl (C=O) groups excluding carboxylic acids is 1. The molecule has 0 spiro atoms. The van der Waals surface area contributed by atoms with Gasteiger partial charge in [-0.25, -0.2) is 4.68 Å². The van der Waals surface area contributed by atoms with E-state index in [0.717, 1.165) is 63.2 Å². The molecule has 7 heteroatoms. The van der Waals surface area contributed by atoms with Gasteiger partial charge in [0.2, 0.25) is 11.9 Å². The smallest absolute Gasteiger partial charge is 0.227 e. The number of nitrogens with one attached hydrogen (secondary N) is 2. The number of carbonyl (C=O) groups is 1. The van der Waals surface area contributed by atoms with Crippen molar-refractivity contribution in [2.24, 2.45) is 7.05 Å². The van der Waals surface area contributed by atoms with Gasteiger partial charge in [0.15, 0.2) is 5.82 Å². The molecule has 152 valence electrons. The molecule has 0 bridgehead atoms. The number of unbranched alkanes of at least 4 members (excludes halogenated alkanes) is 2. The van der Waals surface area contributed by atoms with Crippen molar-refractivity contribution in [2.45, 2.75) is 50.9 Å². The second kappa shape index (κ2) is 10.2. The Bertz CT molecular complexity index is 751. The molecule has 1 aromatic heterocycles. The van der Waals surface area contributed by atoms with Crippen LogP contribution in [0.15, 0.2) is 24.3 Å². The number of benzene rings is 1. The molecule has 0 atom stereocenters. The van der Waals surface area contributed by atoms with E-state index in [1.165, 1.54) is 5.56 Å². The van der Waals surface area contributed by atoms with Gasteiger partial charge >= 0.3 is 0 Å². The fourth-order valence-corrected chi connectivity index (χ4v) is 3.54. The summed E-state index contributed by atoms with van der Waals surface area (Å²) in [5, 5.41) is 10.8. The summed E-state index contributed by atoms with van der Waals surface area (Å²) >= 11 is 0. The van der Waals surface area contributed by atoms with Crippen LogP contribution in [0.3, 0.4) is 0 Å². The molecule has 0 radical (unpaired) electrons. The van der Waals surface area contributed by atoms with Crippen LogP contribution >= 0.6 is 0 Å². The van der Waals surface area contributed by atoms with Gasteiger partial charge in [-0.15, -0.1) is 0 Å². The van der Waals surface area contributed by atoms with Gasteiger partial charge in [-0.1, -0.05) is 18.6 Å². The van der Waals surface area contributed by atoms with E-state index in [-0.39, 0.29) is 5.91 Å². The van der Waals surface area contributed by atoms with Gasteiger partial charge in [0.25, 0.3) is 0 Å². The SMILES string of the molecule is COc1ccc(CCCCCC(=O)Nc2nc(C3CCNCC3)nn2C)cc1. The van der Waals surface area contributed by atoms with E-state index >= 15 is 0 Å². The lowest BCUT2D eigenvalue weighted by atomic mass is 9.98. The highest BCUT2D eigenvalue weighted by molar-refractivity contribution is 5.88. The zero-order valence-electron chi connectivity index (χ0n) is 16.9. The van der Waals surface area contributed by atoms with E-state index in [2.05, 4.69) is 32.8 Å². The Morgan fingerprint density at radius 3 is 2.68 bits per heavy atom. The monoisotopic (exact) mass is 385 g/mol. The summed E-state index contributed by atoms with van der Waals surface area (Å²) in [6.07, 6.45) is 6.60. The average Bonchev–Trinajstić information content (AvgIpc) is 3.09. The number of piperidine rings is 1. The molecular weight excluding hydrogens is 354 g/mol. The predicted octanol–water partition coefficient (Wildman–Crippen LogP) is 3.03. The number of anilines is 1. The van der Waals surface area contributed by atoms with Crippen molar-refractivity contribution in [3.63, 3.8) is 0 Å². The lowest BCUT2D eigenvalue weighted by Crippen LogP contribution is -2.27. The Morgan fingerprint density at radius 1 is 1.21 bits per heavy atom. The van der Waals surface area contributed by atoms with Crippen molar-refractivity contribution in [3.8, 4) is 5.75 Å². The van der Waals surface area contributed by atoms with Gasteiger partial charge < -0.3 is 10.1 Å². The summed E-state index contributed by atoms with van der Waals surface area (Å²) in [5.41, 5.74) is 1.30. The van der Waals surface area contributed by atoms with Gasteiger partial charge in [0.05, 0.1) is 7.11 Å². The first kappa shape index (κ1) is 20.3. The number of hydrogen-bond acceptors (Lipinski definition) is 5. The Kier molecular flexibility index (Phi) is 7.42. The summed E-state index contributed by atoms with van der Waals surface area (Å²) in [6, 6.07) is 8.17. The number of nitrogens with zero attached hydrogens (tertiary/aromatic N) is 3. The van der Waals surface area contributed by atoms with Crippen LogP contribution in [0.2, 0.25) is 0 Å². The fourth-order valence-electron chi connectivity index (χ4n) is 3.54. The first-order valence-electron chi connectivity index (χ1n) is 10.2. The lowest BCUT2D eigenvalue weighted by Gasteiger charge is -2.19. The molecule has 1 amide bonds. The first-order valence-corrected chi connectivity index (χ1v) is 10.2. The Balaban J connectivity index is 1.36. The normalized spacial score (nSPS) is 14.8. The summed E-state index contributed by atoms with van der Waals surface area (Å²) in [4.78, 5) is 16.8. The van der Waals surface area contributed by atoms with Gasteiger partial charge in [-0.05, 0) is 62.9 Å². The Morgan fingerprint density at radius 2 is 1.96 bits per heavy atom. The predicted molar refractivity (Wildman–Crippen MR) is 110 cm³/mol. The van der Waals surface area contributed by atoms with Crippen LogP contribution in [0, 0.1) is 0 Å². The van der Waals surface area contributed by atoms with E-state index in [1.54, 1.807) is 11.8 Å². The minimum Gasteiger partial charge on any atom is -0.497 e. The number of aromatic nitrogens is 3. The molecule has 7 nitrogen and oxygen atoms in total. The quantitative estimate of drug-likeness (QED) is 0.649. The molecule has 2 heterocycles. The van der Waals surface area contributed by atoms with Gasteiger partial charge in [-0.2, -0.15) is 10.1 Å². The Labute approximate surface area is 166 Å². The third kappa shape index (κ3) is 5.79. The molecule has 1 aromatic carbocycles. The van der Waals surface area contributed by atoms with E-state index in [0.29, 0.717) is 18.3 Å². The van der Waals surface area contributed by atoms with Crippen LogP contribution < -0.4 is 15.4 Å². The number of aryl methyl sites for hydroxylation is 2. The zero-order valence-corrected chi connectivity index (χ0v) is 16.9. The van der Waals surface area contributed by atoms with E-state index < -0.39 is 0 Å². The lowest BCUT2D eigenvalue weighted by molar-refractivity contribution is -0.116. The fraction of sp³-hybridized carbons (Fsp3) is 0.571. The van der Waals surface area contributed by atoms with Gasteiger partial charge in [0, 0.05) is 19.4 Å². The third-order valence-corrected chi connectivity index (χ3v) is 5.26. The summed E-state index contributed by atoms with van der Waals surface area (Å²) < 4.78 is 6.85. The van der Waals surface area contributed by atoms with Gasteiger partial charge in [0.1, 0.15) is 5.75 Å². The van der Waals surface area contributed by atoms with Crippen LogP contribution in [-0.2, 0) is 18.3 Å². The highest BCUT2D eigenvalue weighted by Gasteiger charge is 2.21. The molecular formula is C21H31N5O2. The van der Waals surface area contributed by atoms with E-state index in [9.17, 15) is 4.79 Å². The molecule has 0 saturated carbocycles. The van der Waals surface area contributed by atoms with Crippen LogP contribution in [0.5, 0.6) is 5.75 Å². The number of hydrogen-bond donors (Lipinski definition) is 2. The molecule has 2 aromatic rings. The maximum atomic E-state index is 12.2. The van der Waals surface area contributed by atoms with Crippen molar-refractivity contribution in [1.82, 2.24) is 20.1 Å². The van der Waals surface area contributed by atoms with Crippen molar-refractivity contribution >= 4 is 11.9 Å². The number of ether oxygens (including phenoxy) is 1. The average molecular weight is 386 g/mol. The van der Waals surface area contributed by atoms with Crippen molar-refractivity contribution in [3.05, 3.63) is 35.7 Å². The summed E-state index contributed by atoms with van der Waals surface area (Å²) in [6.45, 7) is 2.00. The maximum absolute atomic E-state index is 12.2. The Hall–Kier alpha value is -2.41. The van der Waals surface area contributed by atoms with Crippen LogP contribution in [0.4, 0.5) is 5.95 Å². The number of rotatable bonds is 9. The van der Waals surface area contributed by atoms with Crippen LogP contribution in [-0.4, -0.2) is 40.9 Å². The number of amides is 1. The standard InChI is InChI=1S/C21H31N5O2/c1-26-21(24-20(25-26)17-12-14-22-15-13-17)23-19(27)7-5-3-4-6-16-8-10-18(28-2)11-9-16/h8-11,17,22H,3-7,12-15H2,1-2H3,(H,23,24,25,27). The van der Waals surface area contributed by atoms with Gasteiger partial charge in [-0.3, -0.25) is 10.1 Å². The summed E-state index contributed by atoms with van der Waals surface area (Å²) in [7, 11) is 3.51. The highest BCUT2D eigenvalue weighted by atomic mass is 16.5. The maximum Gasteiger partial charge on any atom is 0.227 e. The second-order valence-electron chi connectivity index (χ2n) is 7.40. The molecule has 1 saturated heterocycles. The van der Waals surface area contributed by atoms with E-state index in [1.807, 2.05) is 19.2 Å². The van der Waals surface area contributed by atoms with Crippen molar-refractivity contribution < 1.29 is 9.53 Å². The topological polar surface area (TPSA) is 81.1 Å².